The lowest BCUT2D eigenvalue weighted by molar-refractivity contribution is -0.197. The Labute approximate surface area is 155 Å². The van der Waals surface area contributed by atoms with E-state index in [1.54, 1.807) is 11.9 Å². The molecule has 1 unspecified atom stereocenters. The van der Waals surface area contributed by atoms with Crippen molar-refractivity contribution in [2.24, 2.45) is 5.41 Å². The summed E-state index contributed by atoms with van der Waals surface area (Å²) >= 11 is 0. The van der Waals surface area contributed by atoms with Gasteiger partial charge in [-0.2, -0.15) is 0 Å². The molecule has 1 atom stereocenters. The molecule has 2 fully saturated rings. The van der Waals surface area contributed by atoms with Crippen molar-refractivity contribution in [3.8, 4) is 5.75 Å². The minimum Gasteiger partial charge on any atom is -0.469 e. The summed E-state index contributed by atoms with van der Waals surface area (Å²) in [4.78, 5) is 30.7. The van der Waals surface area contributed by atoms with Gasteiger partial charge in [-0.05, 0) is 44.2 Å². The minimum absolute atomic E-state index is 0.0667. The fourth-order valence-electron chi connectivity index (χ4n) is 3.96. The number of ether oxygens (including phenoxy) is 1. The van der Waals surface area contributed by atoms with Gasteiger partial charge in [0.05, 0.1) is 0 Å². The molecule has 142 valence electrons. The average Bonchev–Trinajstić information content (AvgIpc) is 2.68. The second-order valence-electron chi connectivity index (χ2n) is 7.37. The van der Waals surface area contributed by atoms with Gasteiger partial charge in [-0.15, -0.1) is 0 Å². The van der Waals surface area contributed by atoms with Crippen molar-refractivity contribution >= 4 is 11.8 Å². The first-order chi connectivity index (χ1) is 12.4. The van der Waals surface area contributed by atoms with Gasteiger partial charge in [0, 0.05) is 38.8 Å². The first-order valence-corrected chi connectivity index (χ1v) is 9.44. The molecule has 2 amide bonds. The third kappa shape index (κ3) is 3.07. The summed E-state index contributed by atoms with van der Waals surface area (Å²) < 4.78 is 6.10. The quantitative estimate of drug-likeness (QED) is 0.755. The maximum absolute atomic E-state index is 12.6. The Morgan fingerprint density at radius 2 is 1.65 bits per heavy atom. The van der Waals surface area contributed by atoms with Gasteiger partial charge in [0.1, 0.15) is 11.2 Å². The number of piperazine rings is 1. The van der Waals surface area contributed by atoms with Crippen molar-refractivity contribution in [1.82, 2.24) is 14.7 Å². The van der Waals surface area contributed by atoms with Crippen LogP contribution in [0.2, 0.25) is 0 Å². The number of carbonyl (C=O) groups excluding carboxylic acids is 2. The highest BCUT2D eigenvalue weighted by molar-refractivity contribution is 5.94. The number of nitrogens with zero attached hydrogens (tertiary/aromatic N) is 3. The maximum atomic E-state index is 12.6. The monoisotopic (exact) mass is 359 g/mol. The predicted molar refractivity (Wildman–Crippen MR) is 100 cm³/mol. The van der Waals surface area contributed by atoms with Gasteiger partial charge in [0.25, 0.3) is 5.91 Å². The zero-order chi connectivity index (χ0) is 18.9. The van der Waals surface area contributed by atoms with Crippen LogP contribution in [0.4, 0.5) is 0 Å². The molecule has 0 aromatic heterocycles. The highest BCUT2D eigenvalue weighted by Crippen LogP contribution is 2.44. The first-order valence-electron chi connectivity index (χ1n) is 9.44. The lowest BCUT2D eigenvalue weighted by Gasteiger charge is -2.53. The maximum Gasteiger partial charge on any atom is 0.253 e. The topological polar surface area (TPSA) is 53.1 Å². The van der Waals surface area contributed by atoms with E-state index in [1.165, 1.54) is 0 Å². The first kappa shape index (κ1) is 18.7. The molecule has 1 aromatic carbocycles. The van der Waals surface area contributed by atoms with Crippen LogP contribution in [-0.4, -0.2) is 73.0 Å². The molecule has 2 aliphatic heterocycles. The number of likely N-dealkylation sites (N-methyl/N-ethyl adjacent to an activating group) is 1. The number of rotatable bonds is 5. The number of amides is 2. The fourth-order valence-corrected chi connectivity index (χ4v) is 3.96. The Kier molecular flexibility index (Phi) is 5.23. The normalized spacial score (nSPS) is 22.9. The standard InChI is InChI=1S/C20H29N3O3/c1-5-20(6-2)18(25)22(4)19(20)26-16-9-7-15(8-10-16)17(24)23-13-11-21(3)12-14-23/h7-10,19H,5-6,11-14H2,1-4H3. The number of benzene rings is 1. The van der Waals surface area contributed by atoms with Crippen molar-refractivity contribution in [2.75, 3.05) is 40.3 Å². The summed E-state index contributed by atoms with van der Waals surface area (Å²) in [5.41, 5.74) is 0.250. The Balaban J connectivity index is 1.66. The molecule has 2 heterocycles. The summed E-state index contributed by atoms with van der Waals surface area (Å²) in [6.45, 7) is 7.40. The Hall–Kier alpha value is -2.08. The Morgan fingerprint density at radius 1 is 1.08 bits per heavy atom. The van der Waals surface area contributed by atoms with Crippen molar-refractivity contribution in [2.45, 2.75) is 32.9 Å². The molecule has 0 N–H and O–H groups in total. The lowest BCUT2D eigenvalue weighted by Crippen LogP contribution is -2.69. The molecule has 6 heteroatoms. The summed E-state index contributed by atoms with van der Waals surface area (Å²) in [5, 5.41) is 0. The summed E-state index contributed by atoms with van der Waals surface area (Å²) in [6.07, 6.45) is 1.28. The van der Waals surface area contributed by atoms with Crippen molar-refractivity contribution < 1.29 is 14.3 Å². The van der Waals surface area contributed by atoms with Crippen LogP contribution >= 0.6 is 0 Å². The zero-order valence-corrected chi connectivity index (χ0v) is 16.2. The van der Waals surface area contributed by atoms with E-state index >= 15 is 0 Å². The molecule has 0 bridgehead atoms. The number of hydrogen-bond donors (Lipinski definition) is 0. The Bertz CT molecular complexity index is 661. The predicted octanol–water partition coefficient (Wildman–Crippen LogP) is 2.06. The molecule has 0 aliphatic carbocycles. The minimum atomic E-state index is -0.428. The third-order valence-corrected chi connectivity index (χ3v) is 5.97. The third-order valence-electron chi connectivity index (χ3n) is 5.97. The second kappa shape index (κ2) is 7.27. The largest absolute Gasteiger partial charge is 0.469 e. The molecule has 26 heavy (non-hydrogen) atoms. The fraction of sp³-hybridized carbons (Fsp3) is 0.600. The van der Waals surface area contributed by atoms with Gasteiger partial charge in [0.2, 0.25) is 5.91 Å². The molecule has 2 aliphatic rings. The smallest absolute Gasteiger partial charge is 0.253 e. The van der Waals surface area contributed by atoms with Gasteiger partial charge in [-0.25, -0.2) is 0 Å². The van der Waals surface area contributed by atoms with E-state index in [0.29, 0.717) is 11.3 Å². The van der Waals surface area contributed by atoms with Crippen LogP contribution in [0.5, 0.6) is 5.75 Å². The lowest BCUT2D eigenvalue weighted by atomic mass is 9.72. The molecule has 0 radical (unpaired) electrons. The van der Waals surface area contributed by atoms with E-state index in [1.807, 2.05) is 43.0 Å². The molecule has 2 saturated heterocycles. The van der Waals surface area contributed by atoms with Crippen LogP contribution in [0.15, 0.2) is 24.3 Å². The van der Waals surface area contributed by atoms with Gasteiger partial charge in [-0.1, -0.05) is 13.8 Å². The van der Waals surface area contributed by atoms with Gasteiger partial charge in [0.15, 0.2) is 6.23 Å². The zero-order valence-electron chi connectivity index (χ0n) is 16.2. The molecule has 6 nitrogen and oxygen atoms in total. The van der Waals surface area contributed by atoms with Gasteiger partial charge >= 0.3 is 0 Å². The summed E-state index contributed by atoms with van der Waals surface area (Å²) in [7, 11) is 3.85. The van der Waals surface area contributed by atoms with Crippen molar-refractivity contribution in [3.05, 3.63) is 29.8 Å². The molecular formula is C20H29N3O3. The Morgan fingerprint density at radius 3 is 2.19 bits per heavy atom. The number of β-lactam (4-membered cyclic amide) rings is 1. The van der Waals surface area contributed by atoms with Crippen LogP contribution in [0.1, 0.15) is 37.0 Å². The summed E-state index contributed by atoms with van der Waals surface area (Å²) in [6, 6.07) is 7.29. The van der Waals surface area contributed by atoms with Gasteiger partial charge < -0.3 is 19.4 Å². The van der Waals surface area contributed by atoms with E-state index in [4.69, 9.17) is 4.74 Å². The highest BCUT2D eigenvalue weighted by atomic mass is 16.5. The molecule has 3 rings (SSSR count). The summed E-state index contributed by atoms with van der Waals surface area (Å²) in [5.74, 6) is 0.905. The van der Waals surface area contributed by atoms with Crippen LogP contribution in [0, 0.1) is 5.41 Å². The van der Waals surface area contributed by atoms with Crippen molar-refractivity contribution in [3.63, 3.8) is 0 Å². The molecule has 0 spiro atoms. The molecular weight excluding hydrogens is 330 g/mol. The van der Waals surface area contributed by atoms with E-state index in [-0.39, 0.29) is 18.0 Å². The molecule has 1 aromatic rings. The number of carbonyl (C=O) groups is 2. The number of likely N-dealkylation sites (tertiary alicyclic amines) is 1. The molecule has 0 saturated carbocycles. The SMILES string of the molecule is CCC1(CC)C(=O)N(C)C1Oc1ccc(C(=O)N2CCN(C)CC2)cc1. The highest BCUT2D eigenvalue weighted by Gasteiger charge is 2.58. The van der Waals surface area contributed by atoms with E-state index in [9.17, 15) is 9.59 Å². The van der Waals surface area contributed by atoms with Crippen molar-refractivity contribution in [1.29, 1.82) is 0 Å². The van der Waals surface area contributed by atoms with Crippen LogP contribution in [0.25, 0.3) is 0 Å². The van der Waals surface area contributed by atoms with Crippen LogP contribution < -0.4 is 4.74 Å². The average molecular weight is 359 g/mol. The van der Waals surface area contributed by atoms with Crippen LogP contribution in [0.3, 0.4) is 0 Å². The van der Waals surface area contributed by atoms with Crippen LogP contribution in [-0.2, 0) is 4.79 Å². The second-order valence-corrected chi connectivity index (χ2v) is 7.37. The van der Waals surface area contributed by atoms with E-state index in [0.717, 1.165) is 39.0 Å². The number of hydrogen-bond acceptors (Lipinski definition) is 4. The van der Waals surface area contributed by atoms with E-state index in [2.05, 4.69) is 11.9 Å². The van der Waals surface area contributed by atoms with Gasteiger partial charge in [-0.3, -0.25) is 9.59 Å². The van der Waals surface area contributed by atoms with E-state index < -0.39 is 5.41 Å².